The normalized spacial score (nSPS) is 15.8. The number of rotatable bonds is 7. The standard InChI is InChI=1S/C19H22F4N4OS/c1-26(2)5-3-4-24-15(28)8-13-14-6-10(9-27(14)19(29)25-13)16-17(22)11(20)7-12(21)18(16)23/h7,10H,3-6,8-9H2,1-2H3,(H,24,28)(H,25,29). The molecule has 0 saturated carbocycles. The second-order valence-electron chi connectivity index (χ2n) is 7.43. The summed E-state index contributed by atoms with van der Waals surface area (Å²) in [7, 11) is 3.89. The Labute approximate surface area is 170 Å². The minimum Gasteiger partial charge on any atom is -0.356 e. The van der Waals surface area contributed by atoms with Gasteiger partial charge in [-0.1, -0.05) is 0 Å². The molecule has 0 aliphatic carbocycles. The smallest absolute Gasteiger partial charge is 0.226 e. The number of halogens is 4. The quantitative estimate of drug-likeness (QED) is 0.307. The number of aromatic amines is 1. The number of H-pyrrole nitrogens is 1. The van der Waals surface area contributed by atoms with E-state index in [0.29, 0.717) is 22.7 Å². The summed E-state index contributed by atoms with van der Waals surface area (Å²) >= 11 is 5.24. The molecule has 158 valence electrons. The van der Waals surface area contributed by atoms with Crippen molar-refractivity contribution in [1.29, 1.82) is 0 Å². The number of hydrogen-bond acceptors (Lipinski definition) is 3. The monoisotopic (exact) mass is 430 g/mol. The zero-order valence-electron chi connectivity index (χ0n) is 16.1. The van der Waals surface area contributed by atoms with E-state index in [0.717, 1.165) is 13.0 Å². The maximum absolute atomic E-state index is 14.2. The molecule has 2 aromatic rings. The van der Waals surface area contributed by atoms with Crippen molar-refractivity contribution in [1.82, 2.24) is 19.8 Å². The van der Waals surface area contributed by atoms with Gasteiger partial charge in [0.05, 0.1) is 6.42 Å². The lowest BCUT2D eigenvalue weighted by molar-refractivity contribution is -0.120. The van der Waals surface area contributed by atoms with E-state index >= 15 is 0 Å². The summed E-state index contributed by atoms with van der Waals surface area (Å²) in [5.74, 6) is -6.67. The molecule has 0 bridgehead atoms. The topological polar surface area (TPSA) is 53.1 Å². The first-order valence-electron chi connectivity index (χ1n) is 9.24. The second-order valence-corrected chi connectivity index (χ2v) is 7.82. The number of imidazole rings is 1. The minimum absolute atomic E-state index is 0.0309. The summed E-state index contributed by atoms with van der Waals surface area (Å²) in [6.45, 7) is 1.44. The minimum atomic E-state index is -1.43. The van der Waals surface area contributed by atoms with Gasteiger partial charge in [-0.2, -0.15) is 0 Å². The third-order valence-electron chi connectivity index (χ3n) is 5.02. The third kappa shape index (κ3) is 4.53. The van der Waals surface area contributed by atoms with Gasteiger partial charge in [-0.15, -0.1) is 0 Å². The molecule has 1 aliphatic rings. The van der Waals surface area contributed by atoms with Crippen molar-refractivity contribution in [2.75, 3.05) is 27.2 Å². The number of aromatic nitrogens is 2. The summed E-state index contributed by atoms with van der Waals surface area (Å²) < 4.78 is 57.4. The van der Waals surface area contributed by atoms with Crippen molar-refractivity contribution in [3.63, 3.8) is 0 Å². The fraction of sp³-hybridized carbons (Fsp3) is 0.474. The summed E-state index contributed by atoms with van der Waals surface area (Å²) in [6.07, 6.45) is 0.949. The Morgan fingerprint density at radius 2 is 1.93 bits per heavy atom. The lowest BCUT2D eigenvalue weighted by atomic mass is 9.94. The molecule has 29 heavy (non-hydrogen) atoms. The van der Waals surface area contributed by atoms with Gasteiger partial charge in [0, 0.05) is 42.0 Å². The Morgan fingerprint density at radius 3 is 2.55 bits per heavy atom. The largest absolute Gasteiger partial charge is 0.356 e. The first kappa shape index (κ1) is 21.5. The van der Waals surface area contributed by atoms with Crippen LogP contribution in [-0.4, -0.2) is 47.5 Å². The number of carbonyl (C=O) groups is 1. The van der Waals surface area contributed by atoms with Crippen molar-refractivity contribution in [3.8, 4) is 0 Å². The Hall–Kier alpha value is -2.20. The fourth-order valence-corrected chi connectivity index (χ4v) is 3.94. The number of carbonyl (C=O) groups excluding carboxylic acids is 1. The van der Waals surface area contributed by atoms with E-state index < -0.39 is 34.8 Å². The molecule has 0 saturated heterocycles. The molecule has 1 aromatic carbocycles. The second kappa shape index (κ2) is 8.66. The van der Waals surface area contributed by atoms with E-state index in [1.165, 1.54) is 0 Å². The average Bonchev–Trinajstić information content (AvgIpc) is 3.19. The lowest BCUT2D eigenvalue weighted by Crippen LogP contribution is -2.28. The maximum atomic E-state index is 14.2. The van der Waals surface area contributed by atoms with Crippen LogP contribution in [0.1, 0.15) is 29.3 Å². The molecule has 3 rings (SSSR count). The average molecular weight is 430 g/mol. The third-order valence-corrected chi connectivity index (χ3v) is 5.34. The highest BCUT2D eigenvalue weighted by molar-refractivity contribution is 7.71. The van der Waals surface area contributed by atoms with Gasteiger partial charge in [-0.25, -0.2) is 17.6 Å². The number of amides is 1. The van der Waals surface area contributed by atoms with Gasteiger partial charge in [-0.05, 0) is 45.7 Å². The summed E-state index contributed by atoms with van der Waals surface area (Å²) in [6, 6.07) is 0.196. The van der Waals surface area contributed by atoms with Crippen LogP contribution < -0.4 is 5.32 Å². The molecule has 1 unspecified atom stereocenters. The molecule has 1 atom stereocenters. The fourth-order valence-electron chi connectivity index (χ4n) is 3.63. The molecule has 10 heteroatoms. The zero-order valence-corrected chi connectivity index (χ0v) is 16.9. The van der Waals surface area contributed by atoms with Gasteiger partial charge < -0.3 is 19.8 Å². The number of benzene rings is 1. The van der Waals surface area contributed by atoms with Crippen LogP contribution in [0.2, 0.25) is 0 Å². The van der Waals surface area contributed by atoms with Gasteiger partial charge >= 0.3 is 0 Å². The van der Waals surface area contributed by atoms with Crippen LogP contribution >= 0.6 is 12.2 Å². The van der Waals surface area contributed by atoms with Crippen LogP contribution in [0.4, 0.5) is 17.6 Å². The van der Waals surface area contributed by atoms with Gasteiger partial charge in [-0.3, -0.25) is 4.79 Å². The Balaban J connectivity index is 1.74. The number of fused-ring (bicyclic) bond motifs is 1. The van der Waals surface area contributed by atoms with E-state index in [2.05, 4.69) is 10.3 Å². The molecular weight excluding hydrogens is 408 g/mol. The summed E-state index contributed by atoms with van der Waals surface area (Å²) in [5.41, 5.74) is 0.534. The molecule has 2 N–H and O–H groups in total. The molecule has 1 amide bonds. The van der Waals surface area contributed by atoms with Crippen LogP contribution in [-0.2, 0) is 24.2 Å². The van der Waals surface area contributed by atoms with Crippen LogP contribution in [0.5, 0.6) is 0 Å². The zero-order chi connectivity index (χ0) is 21.3. The molecule has 5 nitrogen and oxygen atoms in total. The predicted octanol–water partition coefficient (Wildman–Crippen LogP) is 3.05. The van der Waals surface area contributed by atoms with Crippen molar-refractivity contribution in [3.05, 3.63) is 51.1 Å². The van der Waals surface area contributed by atoms with Crippen molar-refractivity contribution in [2.45, 2.75) is 31.7 Å². The van der Waals surface area contributed by atoms with E-state index in [1.54, 1.807) is 4.57 Å². The van der Waals surface area contributed by atoms with Gasteiger partial charge in [0.25, 0.3) is 0 Å². The van der Waals surface area contributed by atoms with Gasteiger partial charge in [0.2, 0.25) is 5.91 Å². The Kier molecular flexibility index (Phi) is 6.42. The van der Waals surface area contributed by atoms with Crippen molar-refractivity contribution in [2.24, 2.45) is 0 Å². The highest BCUT2D eigenvalue weighted by atomic mass is 32.1. The van der Waals surface area contributed by atoms with Gasteiger partial charge in [0.15, 0.2) is 28.0 Å². The highest BCUT2D eigenvalue weighted by Crippen LogP contribution is 2.36. The van der Waals surface area contributed by atoms with Gasteiger partial charge in [0.1, 0.15) is 0 Å². The molecule has 0 spiro atoms. The summed E-state index contributed by atoms with van der Waals surface area (Å²) in [4.78, 5) is 17.2. The summed E-state index contributed by atoms with van der Waals surface area (Å²) in [5, 5.41) is 2.81. The molecule has 1 aliphatic heterocycles. The molecular formula is C19H22F4N4OS. The number of nitrogens with zero attached hydrogens (tertiary/aromatic N) is 2. The van der Waals surface area contributed by atoms with Crippen LogP contribution in [0.3, 0.4) is 0 Å². The first-order chi connectivity index (χ1) is 13.7. The van der Waals surface area contributed by atoms with Crippen molar-refractivity contribution >= 4 is 18.1 Å². The van der Waals surface area contributed by atoms with Crippen LogP contribution in [0.15, 0.2) is 6.07 Å². The Bertz CT molecular complexity index is 959. The van der Waals surface area contributed by atoms with E-state index in [1.807, 2.05) is 19.0 Å². The van der Waals surface area contributed by atoms with E-state index in [9.17, 15) is 22.4 Å². The molecule has 2 heterocycles. The lowest BCUT2D eigenvalue weighted by Gasteiger charge is -2.13. The molecule has 0 fully saturated rings. The van der Waals surface area contributed by atoms with Crippen molar-refractivity contribution < 1.29 is 22.4 Å². The number of nitrogens with one attached hydrogen (secondary N) is 2. The van der Waals surface area contributed by atoms with Crippen LogP contribution in [0.25, 0.3) is 0 Å². The van der Waals surface area contributed by atoms with E-state index in [-0.39, 0.29) is 31.4 Å². The predicted molar refractivity (Wildman–Crippen MR) is 102 cm³/mol. The SMILES string of the molecule is CN(C)CCCNC(=O)Cc1[nH]c(=S)n2c1CC(c1c(F)c(F)cc(F)c1F)C2. The molecule has 0 radical (unpaired) electrons. The number of hydrogen-bond donors (Lipinski definition) is 2. The van der Waals surface area contributed by atoms with Crippen LogP contribution in [0, 0.1) is 28.0 Å². The maximum Gasteiger partial charge on any atom is 0.226 e. The first-order valence-corrected chi connectivity index (χ1v) is 9.64. The highest BCUT2D eigenvalue weighted by Gasteiger charge is 2.33. The van der Waals surface area contributed by atoms with E-state index in [4.69, 9.17) is 12.2 Å². The Morgan fingerprint density at radius 1 is 1.28 bits per heavy atom. The molecule has 1 aromatic heterocycles.